The van der Waals surface area contributed by atoms with Crippen LogP contribution < -0.4 is 10.6 Å². The van der Waals surface area contributed by atoms with Crippen LogP contribution in [0.2, 0.25) is 0 Å². The zero-order chi connectivity index (χ0) is 12.6. The van der Waals surface area contributed by atoms with Crippen molar-refractivity contribution in [3.8, 4) is 0 Å². The summed E-state index contributed by atoms with van der Waals surface area (Å²) in [5.74, 6) is 0.604. The molecule has 0 heterocycles. The molecule has 0 aliphatic carbocycles. The topological polar surface area (TPSA) is 44.4 Å². The molecular weight excluding hydrogens is 202 g/mol. The molecule has 0 aromatic carbocycles. The molecule has 0 aromatic heterocycles. The molecule has 4 heteroatoms. The van der Waals surface area contributed by atoms with Gasteiger partial charge in [0.05, 0.1) is 0 Å². The SMILES string of the molecule is CCNCCC(=O)NC(CN(C)C)C(C)C. The number of carbonyl (C=O) groups is 1. The van der Waals surface area contributed by atoms with Crippen LogP contribution in [0.1, 0.15) is 27.2 Å². The fourth-order valence-electron chi connectivity index (χ4n) is 1.47. The summed E-state index contributed by atoms with van der Waals surface area (Å²) in [7, 11) is 4.06. The molecule has 0 fully saturated rings. The predicted octanol–water partition coefficient (Wildman–Crippen LogP) is 0.688. The van der Waals surface area contributed by atoms with Gasteiger partial charge in [0.2, 0.25) is 5.91 Å². The number of nitrogens with one attached hydrogen (secondary N) is 2. The monoisotopic (exact) mass is 229 g/mol. The normalized spacial score (nSPS) is 13.2. The van der Waals surface area contributed by atoms with Crippen molar-refractivity contribution >= 4 is 5.91 Å². The maximum absolute atomic E-state index is 11.6. The van der Waals surface area contributed by atoms with Gasteiger partial charge in [0.15, 0.2) is 0 Å². The summed E-state index contributed by atoms with van der Waals surface area (Å²) in [6.45, 7) is 8.89. The van der Waals surface area contributed by atoms with Gasteiger partial charge >= 0.3 is 0 Å². The van der Waals surface area contributed by atoms with Crippen molar-refractivity contribution in [2.24, 2.45) is 5.92 Å². The van der Waals surface area contributed by atoms with E-state index in [-0.39, 0.29) is 11.9 Å². The highest BCUT2D eigenvalue weighted by Gasteiger charge is 2.16. The second-order valence-corrected chi connectivity index (χ2v) is 4.78. The zero-order valence-corrected chi connectivity index (χ0v) is 11.3. The minimum Gasteiger partial charge on any atom is -0.352 e. The van der Waals surface area contributed by atoms with Gasteiger partial charge in [-0.3, -0.25) is 4.79 Å². The summed E-state index contributed by atoms with van der Waals surface area (Å²) in [5.41, 5.74) is 0. The minimum absolute atomic E-state index is 0.140. The van der Waals surface area contributed by atoms with Crippen molar-refractivity contribution in [2.45, 2.75) is 33.2 Å². The number of hydrogen-bond acceptors (Lipinski definition) is 3. The average molecular weight is 229 g/mol. The number of carbonyl (C=O) groups excluding carboxylic acids is 1. The van der Waals surface area contributed by atoms with Crippen LogP contribution in [-0.4, -0.2) is 50.6 Å². The summed E-state index contributed by atoms with van der Waals surface area (Å²) in [4.78, 5) is 13.8. The van der Waals surface area contributed by atoms with Gasteiger partial charge in [-0.25, -0.2) is 0 Å². The molecule has 2 N–H and O–H groups in total. The van der Waals surface area contributed by atoms with Gasteiger partial charge in [-0.15, -0.1) is 0 Å². The van der Waals surface area contributed by atoms with E-state index in [1.54, 1.807) is 0 Å². The Kier molecular flexibility index (Phi) is 8.21. The first-order valence-electron chi connectivity index (χ1n) is 6.12. The van der Waals surface area contributed by atoms with Crippen molar-refractivity contribution in [1.82, 2.24) is 15.5 Å². The van der Waals surface area contributed by atoms with Crippen LogP contribution in [0.15, 0.2) is 0 Å². The molecule has 0 saturated carbocycles. The van der Waals surface area contributed by atoms with Crippen LogP contribution in [0.3, 0.4) is 0 Å². The molecule has 0 aliphatic rings. The van der Waals surface area contributed by atoms with Gasteiger partial charge in [-0.2, -0.15) is 0 Å². The maximum atomic E-state index is 11.6. The van der Waals surface area contributed by atoms with Crippen molar-refractivity contribution in [2.75, 3.05) is 33.7 Å². The molecule has 96 valence electrons. The Morgan fingerprint density at radius 2 is 1.94 bits per heavy atom. The van der Waals surface area contributed by atoms with E-state index in [0.717, 1.165) is 19.6 Å². The van der Waals surface area contributed by atoms with Crippen molar-refractivity contribution in [3.63, 3.8) is 0 Å². The third-order valence-corrected chi connectivity index (χ3v) is 2.49. The molecule has 0 aromatic rings. The largest absolute Gasteiger partial charge is 0.352 e. The predicted molar refractivity (Wildman–Crippen MR) is 68.5 cm³/mol. The molecule has 0 radical (unpaired) electrons. The Balaban J connectivity index is 3.93. The quantitative estimate of drug-likeness (QED) is 0.602. The number of hydrogen-bond donors (Lipinski definition) is 2. The second kappa shape index (κ2) is 8.53. The average Bonchev–Trinajstić information content (AvgIpc) is 2.16. The fourth-order valence-corrected chi connectivity index (χ4v) is 1.47. The molecule has 0 rings (SSSR count). The van der Waals surface area contributed by atoms with Crippen LogP contribution in [0.5, 0.6) is 0 Å². The molecule has 16 heavy (non-hydrogen) atoms. The number of likely N-dealkylation sites (N-methyl/N-ethyl adjacent to an activating group) is 1. The van der Waals surface area contributed by atoms with E-state index in [2.05, 4.69) is 29.4 Å². The molecule has 0 aliphatic heterocycles. The van der Waals surface area contributed by atoms with Crippen molar-refractivity contribution in [3.05, 3.63) is 0 Å². The van der Waals surface area contributed by atoms with Crippen LogP contribution in [-0.2, 0) is 4.79 Å². The summed E-state index contributed by atoms with van der Waals surface area (Å²) in [6, 6.07) is 0.240. The first kappa shape index (κ1) is 15.4. The number of amides is 1. The zero-order valence-electron chi connectivity index (χ0n) is 11.3. The third-order valence-electron chi connectivity index (χ3n) is 2.49. The summed E-state index contributed by atoms with van der Waals surface area (Å²) in [5, 5.41) is 6.24. The van der Waals surface area contributed by atoms with Gasteiger partial charge in [0, 0.05) is 25.6 Å². The Labute approximate surface area is 99.8 Å². The summed E-state index contributed by atoms with van der Waals surface area (Å²) in [6.07, 6.45) is 0.560. The molecular formula is C12H27N3O. The lowest BCUT2D eigenvalue weighted by Crippen LogP contribution is -2.45. The van der Waals surface area contributed by atoms with Crippen LogP contribution in [0.25, 0.3) is 0 Å². The van der Waals surface area contributed by atoms with Gasteiger partial charge in [-0.05, 0) is 26.6 Å². The Morgan fingerprint density at radius 1 is 1.31 bits per heavy atom. The third kappa shape index (κ3) is 7.65. The lowest BCUT2D eigenvalue weighted by molar-refractivity contribution is -0.122. The molecule has 0 bridgehead atoms. The van der Waals surface area contributed by atoms with Crippen molar-refractivity contribution < 1.29 is 4.79 Å². The molecule has 1 atom stereocenters. The highest BCUT2D eigenvalue weighted by molar-refractivity contribution is 5.76. The van der Waals surface area contributed by atoms with Crippen LogP contribution in [0.4, 0.5) is 0 Å². The Morgan fingerprint density at radius 3 is 2.38 bits per heavy atom. The summed E-state index contributed by atoms with van der Waals surface area (Å²) < 4.78 is 0. The van der Waals surface area contributed by atoms with Gasteiger partial charge in [0.25, 0.3) is 0 Å². The van der Waals surface area contributed by atoms with Gasteiger partial charge in [0.1, 0.15) is 0 Å². The van der Waals surface area contributed by atoms with Crippen LogP contribution >= 0.6 is 0 Å². The highest BCUT2D eigenvalue weighted by Crippen LogP contribution is 2.02. The van der Waals surface area contributed by atoms with E-state index in [1.807, 2.05) is 21.0 Å². The first-order chi connectivity index (χ1) is 7.47. The molecule has 0 saturated heterocycles. The standard InChI is InChI=1S/C12H27N3O/c1-6-13-8-7-12(16)14-11(10(2)3)9-15(4)5/h10-11,13H,6-9H2,1-5H3,(H,14,16). The minimum atomic E-state index is 0.140. The molecule has 4 nitrogen and oxygen atoms in total. The second-order valence-electron chi connectivity index (χ2n) is 4.78. The van der Waals surface area contributed by atoms with Crippen molar-refractivity contribution in [1.29, 1.82) is 0 Å². The summed E-state index contributed by atoms with van der Waals surface area (Å²) >= 11 is 0. The lowest BCUT2D eigenvalue weighted by Gasteiger charge is -2.25. The van der Waals surface area contributed by atoms with E-state index < -0.39 is 0 Å². The first-order valence-corrected chi connectivity index (χ1v) is 6.12. The Bertz CT molecular complexity index is 193. The highest BCUT2D eigenvalue weighted by atomic mass is 16.1. The van der Waals surface area contributed by atoms with Gasteiger partial charge < -0.3 is 15.5 Å². The lowest BCUT2D eigenvalue weighted by atomic mass is 10.0. The number of rotatable bonds is 8. The maximum Gasteiger partial charge on any atom is 0.221 e. The molecule has 1 unspecified atom stereocenters. The number of nitrogens with zero attached hydrogens (tertiary/aromatic N) is 1. The van der Waals surface area contributed by atoms with Crippen LogP contribution in [0, 0.1) is 5.92 Å². The van der Waals surface area contributed by atoms with Gasteiger partial charge in [-0.1, -0.05) is 20.8 Å². The smallest absolute Gasteiger partial charge is 0.221 e. The van der Waals surface area contributed by atoms with E-state index in [1.165, 1.54) is 0 Å². The Hall–Kier alpha value is -0.610. The molecule has 1 amide bonds. The van der Waals surface area contributed by atoms with E-state index in [0.29, 0.717) is 12.3 Å². The molecule has 0 spiro atoms. The van der Waals surface area contributed by atoms with E-state index in [4.69, 9.17) is 0 Å². The van der Waals surface area contributed by atoms with E-state index >= 15 is 0 Å². The van der Waals surface area contributed by atoms with E-state index in [9.17, 15) is 4.79 Å². The fraction of sp³-hybridized carbons (Fsp3) is 0.917.